The molecule has 0 saturated carbocycles. The molecule has 0 amide bonds. The molecule has 0 radical (unpaired) electrons. The number of carboxylic acids is 2. The quantitative estimate of drug-likeness (QED) is 0.515. The summed E-state index contributed by atoms with van der Waals surface area (Å²) in [5.74, 6) is -1.12. The standard InChI is InChI=1S/C13H22N4O4/c1-16-7-5-15-11(16)8-17(9-12(18)19)6-3-2-4-10(14)13(20)21/h5,7,10H,2-4,6,8-9,14H2,1H3,(H,18,19)(H,20,21). The van der Waals surface area contributed by atoms with Crippen molar-refractivity contribution >= 4 is 11.9 Å². The highest BCUT2D eigenvalue weighted by molar-refractivity contribution is 5.72. The van der Waals surface area contributed by atoms with E-state index >= 15 is 0 Å². The van der Waals surface area contributed by atoms with Crippen molar-refractivity contribution in [2.24, 2.45) is 12.8 Å². The monoisotopic (exact) mass is 298 g/mol. The molecule has 118 valence electrons. The van der Waals surface area contributed by atoms with E-state index in [0.29, 0.717) is 32.4 Å². The maximum absolute atomic E-state index is 10.9. The Kier molecular flexibility index (Phi) is 6.83. The zero-order valence-corrected chi connectivity index (χ0v) is 12.1. The van der Waals surface area contributed by atoms with Gasteiger partial charge in [-0.1, -0.05) is 6.42 Å². The van der Waals surface area contributed by atoms with Crippen LogP contribution in [0.4, 0.5) is 0 Å². The van der Waals surface area contributed by atoms with Gasteiger partial charge in [-0.05, 0) is 19.4 Å². The van der Waals surface area contributed by atoms with E-state index in [9.17, 15) is 9.59 Å². The number of imidazole rings is 1. The second-order valence-corrected chi connectivity index (χ2v) is 5.00. The third kappa shape index (κ3) is 6.37. The lowest BCUT2D eigenvalue weighted by atomic mass is 10.1. The van der Waals surface area contributed by atoms with Crippen LogP contribution in [0.15, 0.2) is 12.4 Å². The van der Waals surface area contributed by atoms with Crippen LogP contribution >= 0.6 is 0 Å². The minimum Gasteiger partial charge on any atom is -0.480 e. The summed E-state index contributed by atoms with van der Waals surface area (Å²) in [6.07, 6.45) is 5.20. The summed E-state index contributed by atoms with van der Waals surface area (Å²) in [5.41, 5.74) is 5.42. The van der Waals surface area contributed by atoms with Crippen LogP contribution in [-0.2, 0) is 23.2 Å². The Morgan fingerprint density at radius 2 is 2.14 bits per heavy atom. The summed E-state index contributed by atoms with van der Waals surface area (Å²) in [6, 6.07) is -0.854. The molecule has 1 aromatic rings. The molecule has 0 bridgehead atoms. The fraction of sp³-hybridized carbons (Fsp3) is 0.615. The van der Waals surface area contributed by atoms with Gasteiger partial charge in [0.05, 0.1) is 13.1 Å². The number of hydrogen-bond acceptors (Lipinski definition) is 5. The van der Waals surface area contributed by atoms with E-state index in [4.69, 9.17) is 15.9 Å². The van der Waals surface area contributed by atoms with E-state index in [2.05, 4.69) is 4.98 Å². The zero-order chi connectivity index (χ0) is 15.8. The van der Waals surface area contributed by atoms with Crippen molar-refractivity contribution in [2.75, 3.05) is 13.1 Å². The molecule has 1 aromatic heterocycles. The number of rotatable bonds is 10. The molecule has 0 aliphatic rings. The minimum absolute atomic E-state index is 0.0716. The molecular weight excluding hydrogens is 276 g/mol. The van der Waals surface area contributed by atoms with Gasteiger partial charge in [0.15, 0.2) is 0 Å². The molecule has 1 atom stereocenters. The first-order valence-electron chi connectivity index (χ1n) is 6.79. The Morgan fingerprint density at radius 3 is 2.67 bits per heavy atom. The summed E-state index contributed by atoms with van der Waals surface area (Å²) >= 11 is 0. The lowest BCUT2D eigenvalue weighted by Gasteiger charge is -2.20. The number of carboxylic acid groups (broad SMARTS) is 2. The van der Waals surface area contributed by atoms with Gasteiger partial charge in [0.2, 0.25) is 0 Å². The number of aryl methyl sites for hydroxylation is 1. The predicted molar refractivity (Wildman–Crippen MR) is 75.6 cm³/mol. The minimum atomic E-state index is -1.01. The maximum atomic E-state index is 10.9. The Bertz CT molecular complexity index is 474. The van der Waals surface area contributed by atoms with Gasteiger partial charge in [0.1, 0.15) is 11.9 Å². The molecule has 0 aromatic carbocycles. The van der Waals surface area contributed by atoms with Gasteiger partial charge < -0.3 is 20.5 Å². The Labute approximate surface area is 123 Å². The predicted octanol–water partition coefficient (Wildman–Crippen LogP) is -0.111. The first-order valence-corrected chi connectivity index (χ1v) is 6.79. The van der Waals surface area contributed by atoms with Gasteiger partial charge in [-0.25, -0.2) is 4.98 Å². The van der Waals surface area contributed by atoms with Crippen molar-refractivity contribution in [3.8, 4) is 0 Å². The molecule has 1 rings (SSSR count). The zero-order valence-electron chi connectivity index (χ0n) is 12.1. The van der Waals surface area contributed by atoms with Gasteiger partial charge in [-0.15, -0.1) is 0 Å². The van der Waals surface area contributed by atoms with E-state index in [0.717, 1.165) is 5.82 Å². The van der Waals surface area contributed by atoms with Crippen LogP contribution in [0.2, 0.25) is 0 Å². The molecule has 0 spiro atoms. The Morgan fingerprint density at radius 1 is 1.43 bits per heavy atom. The van der Waals surface area contributed by atoms with Gasteiger partial charge in [0.25, 0.3) is 0 Å². The van der Waals surface area contributed by atoms with E-state index < -0.39 is 18.0 Å². The molecule has 8 heteroatoms. The fourth-order valence-electron chi connectivity index (χ4n) is 1.98. The highest BCUT2D eigenvalue weighted by Crippen LogP contribution is 2.06. The van der Waals surface area contributed by atoms with Crippen LogP contribution < -0.4 is 5.73 Å². The van der Waals surface area contributed by atoms with E-state index in [1.54, 1.807) is 17.3 Å². The average Bonchev–Trinajstić information content (AvgIpc) is 2.79. The molecule has 0 aliphatic carbocycles. The molecule has 4 N–H and O–H groups in total. The molecule has 1 heterocycles. The Balaban J connectivity index is 2.42. The first-order chi connectivity index (χ1) is 9.90. The van der Waals surface area contributed by atoms with Crippen molar-refractivity contribution in [3.63, 3.8) is 0 Å². The molecule has 8 nitrogen and oxygen atoms in total. The number of nitrogens with zero attached hydrogens (tertiary/aromatic N) is 3. The number of aliphatic carboxylic acids is 2. The van der Waals surface area contributed by atoms with E-state index in [1.165, 1.54) is 0 Å². The third-order valence-electron chi connectivity index (χ3n) is 3.20. The third-order valence-corrected chi connectivity index (χ3v) is 3.20. The average molecular weight is 298 g/mol. The van der Waals surface area contributed by atoms with E-state index in [-0.39, 0.29) is 6.54 Å². The van der Waals surface area contributed by atoms with Gasteiger partial charge in [-0.2, -0.15) is 0 Å². The molecule has 21 heavy (non-hydrogen) atoms. The highest BCUT2D eigenvalue weighted by Gasteiger charge is 2.14. The lowest BCUT2D eigenvalue weighted by Crippen LogP contribution is -2.32. The maximum Gasteiger partial charge on any atom is 0.320 e. The lowest BCUT2D eigenvalue weighted by molar-refractivity contribution is -0.139. The SMILES string of the molecule is Cn1ccnc1CN(CCCCC(N)C(=O)O)CC(=O)O. The van der Waals surface area contributed by atoms with Crippen molar-refractivity contribution in [1.29, 1.82) is 0 Å². The summed E-state index contributed by atoms with van der Waals surface area (Å²) in [5, 5.41) is 17.6. The molecule has 0 aliphatic heterocycles. The van der Waals surface area contributed by atoms with Crippen molar-refractivity contribution in [2.45, 2.75) is 31.8 Å². The topological polar surface area (TPSA) is 122 Å². The van der Waals surface area contributed by atoms with Gasteiger partial charge in [-0.3, -0.25) is 14.5 Å². The highest BCUT2D eigenvalue weighted by atomic mass is 16.4. The van der Waals surface area contributed by atoms with Crippen LogP contribution in [0.5, 0.6) is 0 Å². The summed E-state index contributed by atoms with van der Waals surface area (Å²) in [7, 11) is 1.85. The van der Waals surface area contributed by atoms with Crippen molar-refractivity contribution in [1.82, 2.24) is 14.5 Å². The van der Waals surface area contributed by atoms with Crippen LogP contribution in [0.1, 0.15) is 25.1 Å². The van der Waals surface area contributed by atoms with Crippen LogP contribution in [-0.4, -0.2) is 55.7 Å². The van der Waals surface area contributed by atoms with Crippen molar-refractivity contribution < 1.29 is 19.8 Å². The normalized spacial score (nSPS) is 12.5. The van der Waals surface area contributed by atoms with Gasteiger partial charge >= 0.3 is 11.9 Å². The first kappa shape index (κ1) is 17.1. The number of hydrogen-bond donors (Lipinski definition) is 3. The molecular formula is C13H22N4O4. The van der Waals surface area contributed by atoms with E-state index in [1.807, 2.05) is 11.6 Å². The second kappa shape index (κ2) is 8.38. The molecule has 1 unspecified atom stereocenters. The molecule has 0 fully saturated rings. The number of aromatic nitrogens is 2. The summed E-state index contributed by atoms with van der Waals surface area (Å²) in [6.45, 7) is 0.935. The van der Waals surface area contributed by atoms with Gasteiger partial charge in [0, 0.05) is 19.4 Å². The number of carbonyl (C=O) groups is 2. The number of nitrogens with two attached hydrogens (primary N) is 1. The number of unbranched alkanes of at least 4 members (excludes halogenated alkanes) is 1. The van der Waals surface area contributed by atoms with Crippen LogP contribution in [0.25, 0.3) is 0 Å². The smallest absolute Gasteiger partial charge is 0.320 e. The summed E-state index contributed by atoms with van der Waals surface area (Å²) < 4.78 is 1.84. The fourth-order valence-corrected chi connectivity index (χ4v) is 1.98. The second-order valence-electron chi connectivity index (χ2n) is 5.00. The Hall–Kier alpha value is -1.93. The van der Waals surface area contributed by atoms with Crippen LogP contribution in [0, 0.1) is 0 Å². The molecule has 0 saturated heterocycles. The van der Waals surface area contributed by atoms with Crippen molar-refractivity contribution in [3.05, 3.63) is 18.2 Å². The van der Waals surface area contributed by atoms with Crippen LogP contribution in [0.3, 0.4) is 0 Å². The summed E-state index contributed by atoms with van der Waals surface area (Å²) in [4.78, 5) is 27.4. The largest absolute Gasteiger partial charge is 0.480 e.